The van der Waals surface area contributed by atoms with Gasteiger partial charge in [0.15, 0.2) is 5.11 Å². The molecule has 0 saturated carbocycles. The van der Waals surface area contributed by atoms with Crippen molar-refractivity contribution in [2.75, 3.05) is 19.0 Å². The van der Waals surface area contributed by atoms with Gasteiger partial charge in [0.05, 0.1) is 12.7 Å². The van der Waals surface area contributed by atoms with Crippen LogP contribution in [-0.4, -0.2) is 35.5 Å². The minimum atomic E-state index is -0.391. The molecule has 0 aromatic heterocycles. The van der Waals surface area contributed by atoms with E-state index in [-0.39, 0.29) is 5.91 Å². The Morgan fingerprint density at radius 3 is 2.61 bits per heavy atom. The van der Waals surface area contributed by atoms with Gasteiger partial charge in [-0.05, 0) is 48.0 Å². The summed E-state index contributed by atoms with van der Waals surface area (Å²) < 4.78 is 4.72. The number of thiocarbonyl (C=S) groups is 1. The summed E-state index contributed by atoms with van der Waals surface area (Å²) in [5.41, 5.74) is 3.39. The van der Waals surface area contributed by atoms with Crippen molar-refractivity contribution in [3.63, 3.8) is 0 Å². The molecule has 1 aliphatic heterocycles. The summed E-state index contributed by atoms with van der Waals surface area (Å²) in [6.07, 6.45) is 1.61. The fraction of sp³-hybridized carbons (Fsp3) is 0.286. The van der Waals surface area contributed by atoms with E-state index in [0.717, 1.165) is 24.1 Å². The van der Waals surface area contributed by atoms with Crippen molar-refractivity contribution < 1.29 is 14.3 Å². The molecule has 2 N–H and O–H groups in total. The van der Waals surface area contributed by atoms with Crippen LogP contribution in [0.4, 0.5) is 5.69 Å². The van der Waals surface area contributed by atoms with Crippen molar-refractivity contribution >= 4 is 34.9 Å². The average molecular weight is 398 g/mol. The first-order chi connectivity index (χ1) is 13.5. The topological polar surface area (TPSA) is 70.7 Å². The molecule has 1 fully saturated rings. The van der Waals surface area contributed by atoms with Gasteiger partial charge in [0.2, 0.25) is 5.91 Å². The molecule has 0 aliphatic carbocycles. The molecule has 0 unspecified atom stereocenters. The number of ether oxygens (including phenoxy) is 1. The molecular formula is C21H23N3O3S. The van der Waals surface area contributed by atoms with Gasteiger partial charge in [0.25, 0.3) is 0 Å². The zero-order chi connectivity index (χ0) is 19.9. The number of carbonyl (C=O) groups is 2. The number of hydrogen-bond acceptors (Lipinski definition) is 4. The van der Waals surface area contributed by atoms with Crippen molar-refractivity contribution in [3.05, 3.63) is 65.2 Å². The molecule has 0 spiro atoms. The maximum Gasteiger partial charge on any atom is 0.337 e. The number of carbonyl (C=O) groups excluding carboxylic acids is 2. The fourth-order valence-electron chi connectivity index (χ4n) is 3.05. The number of hydrogen-bond donors (Lipinski definition) is 2. The van der Waals surface area contributed by atoms with Crippen LogP contribution in [0, 0.1) is 0 Å². The van der Waals surface area contributed by atoms with Gasteiger partial charge in [-0.1, -0.05) is 30.3 Å². The highest BCUT2D eigenvalue weighted by Crippen LogP contribution is 2.15. The third kappa shape index (κ3) is 5.29. The summed E-state index contributed by atoms with van der Waals surface area (Å²) in [5, 5.41) is 6.68. The lowest BCUT2D eigenvalue weighted by Crippen LogP contribution is -2.28. The summed E-state index contributed by atoms with van der Waals surface area (Å²) in [6, 6.07) is 15.1. The molecule has 1 aliphatic rings. The minimum absolute atomic E-state index is 0.235. The molecule has 1 heterocycles. The van der Waals surface area contributed by atoms with Gasteiger partial charge in [-0.3, -0.25) is 4.79 Å². The van der Waals surface area contributed by atoms with E-state index in [2.05, 4.69) is 10.6 Å². The van der Waals surface area contributed by atoms with Crippen molar-refractivity contribution in [2.24, 2.45) is 0 Å². The standard InChI is InChI=1S/C21H23N3O3S/c1-27-20(26)17-4-2-5-18(12-17)23-21(28)22-13-15-7-9-16(10-8-15)14-24-11-3-6-19(24)25/h2,4-5,7-10,12H,3,6,11,13-14H2,1H3,(H2,22,23,28). The molecule has 7 heteroatoms. The quantitative estimate of drug-likeness (QED) is 0.577. The molecule has 2 aromatic carbocycles. The molecule has 3 rings (SSSR count). The van der Waals surface area contributed by atoms with Crippen LogP contribution in [-0.2, 0) is 22.6 Å². The lowest BCUT2D eigenvalue weighted by Gasteiger charge is -2.16. The molecule has 0 radical (unpaired) electrons. The van der Waals surface area contributed by atoms with Crippen LogP contribution in [0.15, 0.2) is 48.5 Å². The van der Waals surface area contributed by atoms with Gasteiger partial charge >= 0.3 is 5.97 Å². The number of esters is 1. The van der Waals surface area contributed by atoms with Crippen LogP contribution in [0.25, 0.3) is 0 Å². The third-order valence-electron chi connectivity index (χ3n) is 4.56. The van der Waals surface area contributed by atoms with E-state index in [0.29, 0.717) is 35.9 Å². The summed E-state index contributed by atoms with van der Waals surface area (Å²) in [4.78, 5) is 25.2. The van der Waals surface area contributed by atoms with Gasteiger partial charge < -0.3 is 20.3 Å². The highest BCUT2D eigenvalue weighted by molar-refractivity contribution is 7.80. The van der Waals surface area contributed by atoms with E-state index in [1.54, 1.807) is 18.2 Å². The first kappa shape index (κ1) is 19.8. The molecule has 0 bridgehead atoms. The molecule has 28 heavy (non-hydrogen) atoms. The second kappa shape index (κ2) is 9.32. The van der Waals surface area contributed by atoms with Crippen LogP contribution >= 0.6 is 12.2 Å². The van der Waals surface area contributed by atoms with Crippen molar-refractivity contribution in [2.45, 2.75) is 25.9 Å². The van der Waals surface area contributed by atoms with Crippen LogP contribution in [0.3, 0.4) is 0 Å². The second-order valence-electron chi connectivity index (χ2n) is 6.62. The van der Waals surface area contributed by atoms with Gasteiger partial charge in [-0.2, -0.15) is 0 Å². The Morgan fingerprint density at radius 2 is 1.93 bits per heavy atom. The molecule has 146 valence electrons. The van der Waals surface area contributed by atoms with E-state index in [9.17, 15) is 9.59 Å². The molecule has 6 nitrogen and oxygen atoms in total. The maximum atomic E-state index is 11.7. The fourth-order valence-corrected chi connectivity index (χ4v) is 3.24. The van der Waals surface area contributed by atoms with Crippen LogP contribution in [0.1, 0.15) is 34.3 Å². The highest BCUT2D eigenvalue weighted by atomic mass is 32.1. The lowest BCUT2D eigenvalue weighted by molar-refractivity contribution is -0.128. The number of methoxy groups -OCH3 is 1. The summed E-state index contributed by atoms with van der Waals surface area (Å²) in [6.45, 7) is 2.09. The lowest BCUT2D eigenvalue weighted by atomic mass is 10.1. The van der Waals surface area contributed by atoms with Gasteiger partial charge in [-0.15, -0.1) is 0 Å². The van der Waals surface area contributed by atoms with E-state index >= 15 is 0 Å². The van der Waals surface area contributed by atoms with E-state index in [1.807, 2.05) is 35.2 Å². The largest absolute Gasteiger partial charge is 0.465 e. The first-order valence-corrected chi connectivity index (χ1v) is 9.55. The zero-order valence-corrected chi connectivity index (χ0v) is 16.6. The zero-order valence-electron chi connectivity index (χ0n) is 15.7. The average Bonchev–Trinajstić information content (AvgIpc) is 3.11. The predicted molar refractivity (Wildman–Crippen MR) is 112 cm³/mol. The Hall–Kier alpha value is -2.93. The predicted octanol–water partition coefficient (Wildman–Crippen LogP) is 3.08. The molecule has 1 saturated heterocycles. The highest BCUT2D eigenvalue weighted by Gasteiger charge is 2.19. The van der Waals surface area contributed by atoms with Crippen molar-refractivity contribution in [1.82, 2.24) is 10.2 Å². The molecule has 2 aromatic rings. The van der Waals surface area contributed by atoms with Gasteiger partial charge in [0, 0.05) is 31.7 Å². The van der Waals surface area contributed by atoms with Gasteiger partial charge in [0.1, 0.15) is 0 Å². The Balaban J connectivity index is 1.49. The number of amides is 1. The summed E-state index contributed by atoms with van der Waals surface area (Å²) >= 11 is 5.32. The Bertz CT molecular complexity index is 867. The SMILES string of the molecule is COC(=O)c1cccc(NC(=S)NCc2ccc(CN3CCCC3=O)cc2)c1. The normalized spacial score (nSPS) is 13.3. The Labute approximate surface area is 169 Å². The molecular weight excluding hydrogens is 374 g/mol. The number of anilines is 1. The Morgan fingerprint density at radius 1 is 1.18 bits per heavy atom. The molecule has 0 atom stereocenters. The number of nitrogens with one attached hydrogen (secondary N) is 2. The van der Waals surface area contributed by atoms with Crippen LogP contribution < -0.4 is 10.6 Å². The monoisotopic (exact) mass is 397 g/mol. The van der Waals surface area contributed by atoms with Crippen molar-refractivity contribution in [3.8, 4) is 0 Å². The maximum absolute atomic E-state index is 11.7. The third-order valence-corrected chi connectivity index (χ3v) is 4.81. The van der Waals surface area contributed by atoms with Crippen LogP contribution in [0.5, 0.6) is 0 Å². The second-order valence-corrected chi connectivity index (χ2v) is 7.02. The van der Waals surface area contributed by atoms with E-state index in [1.165, 1.54) is 7.11 Å². The number of rotatable bonds is 6. The summed E-state index contributed by atoms with van der Waals surface area (Å²) in [5.74, 6) is -0.156. The Kier molecular flexibility index (Phi) is 6.60. The number of benzene rings is 2. The minimum Gasteiger partial charge on any atom is -0.465 e. The van der Waals surface area contributed by atoms with Crippen molar-refractivity contribution in [1.29, 1.82) is 0 Å². The van der Waals surface area contributed by atoms with Gasteiger partial charge in [-0.25, -0.2) is 4.79 Å². The van der Waals surface area contributed by atoms with Crippen LogP contribution in [0.2, 0.25) is 0 Å². The number of nitrogens with zero attached hydrogens (tertiary/aromatic N) is 1. The first-order valence-electron chi connectivity index (χ1n) is 9.14. The molecule has 1 amide bonds. The smallest absolute Gasteiger partial charge is 0.337 e. The summed E-state index contributed by atoms with van der Waals surface area (Å²) in [7, 11) is 1.35. The van der Waals surface area contributed by atoms with E-state index < -0.39 is 5.97 Å². The van der Waals surface area contributed by atoms with E-state index in [4.69, 9.17) is 17.0 Å². The number of likely N-dealkylation sites (tertiary alicyclic amines) is 1.